The van der Waals surface area contributed by atoms with Gasteiger partial charge >= 0.3 is 0 Å². The van der Waals surface area contributed by atoms with Crippen LogP contribution in [0.5, 0.6) is 0 Å². The van der Waals surface area contributed by atoms with Crippen molar-refractivity contribution in [2.24, 2.45) is 0 Å². The summed E-state index contributed by atoms with van der Waals surface area (Å²) in [5.41, 5.74) is 2.77. The van der Waals surface area contributed by atoms with Crippen molar-refractivity contribution in [2.75, 3.05) is 46.9 Å². The Morgan fingerprint density at radius 3 is 2.65 bits per heavy atom. The second kappa shape index (κ2) is 10.0. The van der Waals surface area contributed by atoms with Crippen molar-refractivity contribution in [3.8, 4) is 0 Å². The van der Waals surface area contributed by atoms with Crippen molar-refractivity contribution < 1.29 is 4.84 Å². The van der Waals surface area contributed by atoms with Crippen LogP contribution < -0.4 is 0 Å². The molecule has 0 radical (unpaired) electrons. The maximum Gasteiger partial charge on any atom is 0.0698 e. The molecule has 0 saturated carbocycles. The van der Waals surface area contributed by atoms with Gasteiger partial charge in [0.2, 0.25) is 0 Å². The number of hydrogen-bond acceptors (Lipinski definition) is 4. The van der Waals surface area contributed by atoms with Gasteiger partial charge in [0.25, 0.3) is 0 Å². The van der Waals surface area contributed by atoms with Gasteiger partial charge in [-0.15, -0.1) is 0 Å². The number of benzene rings is 1. The molecule has 4 heteroatoms. The maximum atomic E-state index is 5.61. The van der Waals surface area contributed by atoms with Crippen molar-refractivity contribution >= 4 is 0 Å². The molecule has 23 heavy (non-hydrogen) atoms. The summed E-state index contributed by atoms with van der Waals surface area (Å²) in [4.78, 5) is 10.5. The molecule has 1 saturated heterocycles. The van der Waals surface area contributed by atoms with Crippen molar-refractivity contribution in [1.29, 1.82) is 0 Å². The van der Waals surface area contributed by atoms with Gasteiger partial charge in [-0.05, 0) is 44.6 Å². The molecule has 4 nitrogen and oxygen atoms in total. The van der Waals surface area contributed by atoms with Crippen LogP contribution in [0.3, 0.4) is 0 Å². The maximum absolute atomic E-state index is 5.61. The van der Waals surface area contributed by atoms with Crippen LogP contribution in [0.4, 0.5) is 0 Å². The molecule has 0 amide bonds. The summed E-state index contributed by atoms with van der Waals surface area (Å²) in [6.07, 6.45) is 3.68. The van der Waals surface area contributed by atoms with Crippen molar-refractivity contribution in [3.05, 3.63) is 35.4 Å². The lowest BCUT2D eigenvalue weighted by Crippen LogP contribution is -2.32. The molecule has 1 aliphatic rings. The fraction of sp³-hybridized carbons (Fsp3) is 0.684. The average molecular weight is 319 g/mol. The van der Waals surface area contributed by atoms with Gasteiger partial charge in [-0.1, -0.05) is 37.6 Å². The lowest BCUT2D eigenvalue weighted by molar-refractivity contribution is -0.117. The Morgan fingerprint density at radius 2 is 1.96 bits per heavy atom. The monoisotopic (exact) mass is 319 g/mol. The third-order valence-corrected chi connectivity index (χ3v) is 4.27. The first-order valence-corrected chi connectivity index (χ1v) is 9.00. The number of hydroxylamine groups is 2. The highest BCUT2D eigenvalue weighted by Gasteiger charge is 2.13. The van der Waals surface area contributed by atoms with E-state index in [-0.39, 0.29) is 0 Å². The fourth-order valence-corrected chi connectivity index (χ4v) is 2.91. The molecule has 1 aliphatic heterocycles. The molecule has 0 bridgehead atoms. The summed E-state index contributed by atoms with van der Waals surface area (Å²) in [5, 5.41) is 2.08. The van der Waals surface area contributed by atoms with Gasteiger partial charge in [-0.2, -0.15) is 5.06 Å². The number of hydrogen-bond donors (Lipinski definition) is 0. The molecule has 0 unspecified atom stereocenters. The lowest BCUT2D eigenvalue weighted by Gasteiger charge is -2.24. The highest BCUT2D eigenvalue weighted by molar-refractivity contribution is 5.23. The summed E-state index contributed by atoms with van der Waals surface area (Å²) in [5.74, 6) is 0. The van der Waals surface area contributed by atoms with E-state index in [1.807, 2.05) is 0 Å². The summed E-state index contributed by atoms with van der Waals surface area (Å²) < 4.78 is 0. The van der Waals surface area contributed by atoms with E-state index < -0.39 is 0 Å². The number of rotatable bonds is 10. The highest BCUT2D eigenvalue weighted by Crippen LogP contribution is 2.14. The minimum absolute atomic E-state index is 0.870. The van der Waals surface area contributed by atoms with Crippen LogP contribution in [-0.2, 0) is 17.9 Å². The molecule has 0 spiro atoms. The molecule has 130 valence electrons. The first kappa shape index (κ1) is 18.4. The Hall–Kier alpha value is -0.940. The molecule has 1 aromatic carbocycles. The predicted molar refractivity (Wildman–Crippen MR) is 96.2 cm³/mol. The Morgan fingerprint density at radius 1 is 1.13 bits per heavy atom. The van der Waals surface area contributed by atoms with Crippen LogP contribution >= 0.6 is 0 Å². The van der Waals surface area contributed by atoms with Gasteiger partial charge in [0.15, 0.2) is 0 Å². The second-order valence-electron chi connectivity index (χ2n) is 6.80. The van der Waals surface area contributed by atoms with E-state index in [2.05, 4.69) is 60.1 Å². The number of nitrogens with zero attached hydrogens (tertiary/aromatic N) is 3. The first-order valence-electron chi connectivity index (χ1n) is 9.00. The van der Waals surface area contributed by atoms with E-state index in [0.29, 0.717) is 0 Å². The Balaban J connectivity index is 1.91. The van der Waals surface area contributed by atoms with Gasteiger partial charge in [-0.3, -0.25) is 9.74 Å². The van der Waals surface area contributed by atoms with Crippen LogP contribution in [0.15, 0.2) is 24.3 Å². The van der Waals surface area contributed by atoms with E-state index in [1.165, 1.54) is 30.5 Å². The third-order valence-electron chi connectivity index (χ3n) is 4.27. The van der Waals surface area contributed by atoms with E-state index in [4.69, 9.17) is 4.84 Å². The van der Waals surface area contributed by atoms with Crippen LogP contribution in [0, 0.1) is 0 Å². The summed E-state index contributed by atoms with van der Waals surface area (Å²) >= 11 is 0. The molecule has 0 atom stereocenters. The van der Waals surface area contributed by atoms with Crippen molar-refractivity contribution in [2.45, 2.75) is 39.3 Å². The zero-order valence-electron chi connectivity index (χ0n) is 15.1. The SMILES string of the molecule is CCCCN(CCN(C)C)Cc1cccc(CN2CCCO2)c1. The van der Waals surface area contributed by atoms with E-state index in [9.17, 15) is 0 Å². The first-order chi connectivity index (χ1) is 11.2. The van der Waals surface area contributed by atoms with Gasteiger partial charge in [-0.25, -0.2) is 0 Å². The molecular weight excluding hydrogens is 286 g/mol. The molecule has 0 N–H and O–H groups in total. The molecule has 1 heterocycles. The zero-order chi connectivity index (χ0) is 16.5. The Labute approximate surface area is 142 Å². The number of likely N-dealkylation sites (N-methyl/N-ethyl adjacent to an activating group) is 1. The summed E-state index contributed by atoms with van der Waals surface area (Å²) in [7, 11) is 4.29. The van der Waals surface area contributed by atoms with Crippen molar-refractivity contribution in [1.82, 2.24) is 14.9 Å². The van der Waals surface area contributed by atoms with Crippen LogP contribution in [0.25, 0.3) is 0 Å². The van der Waals surface area contributed by atoms with Crippen LogP contribution in [-0.4, -0.2) is 61.7 Å². The molecule has 1 fully saturated rings. The largest absolute Gasteiger partial charge is 0.308 e. The molecule has 1 aromatic rings. The smallest absolute Gasteiger partial charge is 0.0698 e. The Bertz CT molecular complexity index is 444. The third kappa shape index (κ3) is 7.00. The van der Waals surface area contributed by atoms with Gasteiger partial charge in [0, 0.05) is 32.7 Å². The highest BCUT2D eigenvalue weighted by atomic mass is 16.7. The second-order valence-corrected chi connectivity index (χ2v) is 6.80. The summed E-state index contributed by atoms with van der Waals surface area (Å²) in [6.45, 7) is 9.57. The van der Waals surface area contributed by atoms with Crippen LogP contribution in [0.1, 0.15) is 37.3 Å². The van der Waals surface area contributed by atoms with Gasteiger partial charge in [0.1, 0.15) is 0 Å². The van der Waals surface area contributed by atoms with E-state index >= 15 is 0 Å². The topological polar surface area (TPSA) is 19.0 Å². The standard InChI is InChI=1S/C19H33N3O/c1-4-5-10-21(13-12-20(2)3)16-18-8-6-9-19(15-18)17-22-11-7-14-23-22/h6,8-9,15H,4-5,7,10-14,16-17H2,1-3H3. The minimum atomic E-state index is 0.870. The van der Waals surface area contributed by atoms with Crippen LogP contribution in [0.2, 0.25) is 0 Å². The average Bonchev–Trinajstić information content (AvgIpc) is 3.03. The molecule has 0 aliphatic carbocycles. The minimum Gasteiger partial charge on any atom is -0.308 e. The van der Waals surface area contributed by atoms with E-state index in [1.54, 1.807) is 0 Å². The predicted octanol–water partition coefficient (Wildman–Crippen LogP) is 2.99. The normalized spacial score (nSPS) is 15.9. The molecule has 0 aromatic heterocycles. The lowest BCUT2D eigenvalue weighted by atomic mass is 10.1. The quantitative estimate of drug-likeness (QED) is 0.660. The van der Waals surface area contributed by atoms with E-state index in [0.717, 1.165) is 45.8 Å². The van der Waals surface area contributed by atoms with Crippen molar-refractivity contribution in [3.63, 3.8) is 0 Å². The number of unbranched alkanes of at least 4 members (excludes halogenated alkanes) is 1. The fourth-order valence-electron chi connectivity index (χ4n) is 2.91. The molecule has 2 rings (SSSR count). The Kier molecular flexibility index (Phi) is 8.03. The van der Waals surface area contributed by atoms with Gasteiger partial charge < -0.3 is 4.90 Å². The summed E-state index contributed by atoms with van der Waals surface area (Å²) in [6, 6.07) is 8.99. The molecular formula is C19H33N3O. The van der Waals surface area contributed by atoms with Gasteiger partial charge in [0.05, 0.1) is 6.61 Å². The zero-order valence-corrected chi connectivity index (χ0v) is 15.1.